The molecule has 0 radical (unpaired) electrons. The van der Waals surface area contributed by atoms with Gasteiger partial charge >= 0.3 is 0 Å². The maximum atomic E-state index is 4.79. The molecule has 2 rings (SSSR count). The molecule has 2 aromatic carbocycles. The minimum atomic E-state index is 1.17. The van der Waals surface area contributed by atoms with Crippen molar-refractivity contribution in [3.05, 3.63) is 42.0 Å². The lowest BCUT2D eigenvalue weighted by atomic mass is 10.0. The first-order chi connectivity index (χ1) is 14.3. The number of hydrogen-bond acceptors (Lipinski definition) is 1. The Bertz CT molecular complexity index is 660. The molecule has 0 spiro atoms. The number of benzene rings is 2. The average Bonchev–Trinajstić information content (AvgIpc) is 2.75. The third-order valence-corrected chi connectivity index (χ3v) is 6.81. The molecule has 0 nitrogen and oxygen atoms in total. The van der Waals surface area contributed by atoms with Crippen molar-refractivity contribution in [3.63, 3.8) is 0 Å². The molecule has 1 heteroatoms. The Labute approximate surface area is 186 Å². The maximum Gasteiger partial charge on any atom is 0.0151 e. The molecule has 0 heterocycles. The summed E-state index contributed by atoms with van der Waals surface area (Å²) in [6.07, 6.45) is 24.0. The van der Waals surface area contributed by atoms with Gasteiger partial charge in [-0.2, -0.15) is 0 Å². The smallest absolute Gasteiger partial charge is 0.0151 e. The predicted octanol–water partition coefficient (Wildman–Crippen LogP) is 9.93. The van der Waals surface area contributed by atoms with Gasteiger partial charge in [0.1, 0.15) is 0 Å². The van der Waals surface area contributed by atoms with E-state index < -0.39 is 0 Å². The summed E-state index contributed by atoms with van der Waals surface area (Å²) in [6, 6.07) is 13.1. The van der Waals surface area contributed by atoms with Gasteiger partial charge in [-0.15, -0.1) is 12.6 Å². The van der Waals surface area contributed by atoms with Crippen molar-refractivity contribution in [2.24, 2.45) is 0 Å². The van der Waals surface area contributed by atoms with Crippen LogP contribution in [0, 0.1) is 0 Å². The molecule has 0 N–H and O–H groups in total. The number of rotatable bonds is 17. The molecular formula is C28H44S. The third kappa shape index (κ3) is 10.1. The van der Waals surface area contributed by atoms with Gasteiger partial charge in [-0.05, 0) is 29.2 Å². The van der Waals surface area contributed by atoms with Crippen LogP contribution >= 0.6 is 12.6 Å². The molecule has 0 aromatic heterocycles. The van der Waals surface area contributed by atoms with Crippen LogP contribution in [0.3, 0.4) is 0 Å². The zero-order valence-electron chi connectivity index (χ0n) is 18.9. The van der Waals surface area contributed by atoms with Gasteiger partial charge in [0.15, 0.2) is 0 Å². The molecule has 162 valence electrons. The normalized spacial score (nSPS) is 11.4. The monoisotopic (exact) mass is 412 g/mol. The first kappa shape index (κ1) is 24.3. The summed E-state index contributed by atoms with van der Waals surface area (Å²) in [5, 5.41) is 2.60. The molecule has 0 aliphatic rings. The summed E-state index contributed by atoms with van der Waals surface area (Å²) in [4.78, 5) is 1.18. The lowest BCUT2D eigenvalue weighted by Crippen LogP contribution is -1.90. The zero-order chi connectivity index (χ0) is 20.6. The van der Waals surface area contributed by atoms with Crippen molar-refractivity contribution in [1.29, 1.82) is 0 Å². The molecule has 2 aromatic rings. The largest absolute Gasteiger partial charge is 0.143 e. The van der Waals surface area contributed by atoms with Gasteiger partial charge in [0.2, 0.25) is 0 Å². The average molecular weight is 413 g/mol. The van der Waals surface area contributed by atoms with Gasteiger partial charge in [-0.3, -0.25) is 0 Å². The fourth-order valence-corrected chi connectivity index (χ4v) is 4.76. The van der Waals surface area contributed by atoms with E-state index in [1.165, 1.54) is 130 Å². The number of fused-ring (bicyclic) bond motifs is 1. The zero-order valence-corrected chi connectivity index (χ0v) is 19.8. The molecule has 0 fully saturated rings. The lowest BCUT2D eigenvalue weighted by molar-refractivity contribution is 0.529. The first-order valence-corrected chi connectivity index (χ1v) is 13.0. The highest BCUT2D eigenvalue weighted by Crippen LogP contribution is 2.27. The van der Waals surface area contributed by atoms with Crippen LogP contribution in [0.1, 0.15) is 115 Å². The number of aryl methyl sites for hydroxylation is 1. The molecule has 0 saturated carbocycles. The van der Waals surface area contributed by atoms with E-state index in [1.54, 1.807) is 0 Å². The second-order valence-corrected chi connectivity index (χ2v) is 9.29. The van der Waals surface area contributed by atoms with Crippen LogP contribution in [0.15, 0.2) is 41.3 Å². The van der Waals surface area contributed by atoms with Gasteiger partial charge in [-0.25, -0.2) is 0 Å². The van der Waals surface area contributed by atoms with E-state index >= 15 is 0 Å². The molecule has 0 amide bonds. The van der Waals surface area contributed by atoms with Crippen LogP contribution in [-0.4, -0.2) is 0 Å². The first-order valence-electron chi connectivity index (χ1n) is 12.5. The Hall–Kier alpha value is -0.950. The Balaban J connectivity index is 1.40. The molecule has 0 aliphatic carbocycles. The van der Waals surface area contributed by atoms with E-state index in [4.69, 9.17) is 12.6 Å². The molecular weight excluding hydrogens is 368 g/mol. The van der Waals surface area contributed by atoms with Crippen LogP contribution in [0.4, 0.5) is 0 Å². The summed E-state index contributed by atoms with van der Waals surface area (Å²) >= 11 is 4.79. The Morgan fingerprint density at radius 2 is 1.03 bits per heavy atom. The van der Waals surface area contributed by atoms with E-state index in [1.807, 2.05) is 0 Å². The second kappa shape index (κ2) is 15.8. The topological polar surface area (TPSA) is 0 Å². The fraction of sp³-hybridized carbons (Fsp3) is 0.643. The standard InChI is InChI=1S/C28H44S/c1-2-3-4-5-6-7-8-9-10-11-12-13-14-15-16-17-21-26-24-23-25-20-18-19-22-27(25)28(26)29/h18-20,22-24,29H,2-17,21H2,1H3. The highest BCUT2D eigenvalue weighted by molar-refractivity contribution is 7.80. The Kier molecular flexibility index (Phi) is 13.3. The molecule has 0 aliphatic heterocycles. The van der Waals surface area contributed by atoms with Crippen molar-refractivity contribution in [1.82, 2.24) is 0 Å². The summed E-state index contributed by atoms with van der Waals surface area (Å²) in [7, 11) is 0. The fourth-order valence-electron chi connectivity index (χ4n) is 4.37. The molecule has 29 heavy (non-hydrogen) atoms. The van der Waals surface area contributed by atoms with Crippen LogP contribution < -0.4 is 0 Å². The Morgan fingerprint density at radius 3 is 1.59 bits per heavy atom. The van der Waals surface area contributed by atoms with Crippen molar-refractivity contribution < 1.29 is 0 Å². The minimum Gasteiger partial charge on any atom is -0.143 e. The molecule has 0 unspecified atom stereocenters. The molecule has 0 atom stereocenters. The van der Waals surface area contributed by atoms with E-state index in [2.05, 4.69) is 43.3 Å². The SMILES string of the molecule is CCCCCCCCCCCCCCCCCCc1ccc2ccccc2c1S. The van der Waals surface area contributed by atoms with Crippen LogP contribution in [0.5, 0.6) is 0 Å². The number of hydrogen-bond donors (Lipinski definition) is 1. The highest BCUT2D eigenvalue weighted by Gasteiger charge is 2.04. The van der Waals surface area contributed by atoms with Crippen molar-refractivity contribution >= 4 is 23.4 Å². The minimum absolute atomic E-state index is 1.17. The van der Waals surface area contributed by atoms with Gasteiger partial charge < -0.3 is 0 Å². The Morgan fingerprint density at radius 1 is 0.552 bits per heavy atom. The van der Waals surface area contributed by atoms with Gasteiger partial charge in [0.25, 0.3) is 0 Å². The third-order valence-electron chi connectivity index (χ3n) is 6.28. The van der Waals surface area contributed by atoms with Gasteiger partial charge in [-0.1, -0.05) is 140 Å². The van der Waals surface area contributed by atoms with E-state index in [9.17, 15) is 0 Å². The van der Waals surface area contributed by atoms with E-state index in [-0.39, 0.29) is 0 Å². The van der Waals surface area contributed by atoms with Gasteiger partial charge in [0, 0.05) is 4.90 Å². The van der Waals surface area contributed by atoms with Crippen LogP contribution in [0.2, 0.25) is 0 Å². The van der Waals surface area contributed by atoms with Crippen LogP contribution in [-0.2, 0) is 6.42 Å². The van der Waals surface area contributed by atoms with Crippen molar-refractivity contribution in [2.75, 3.05) is 0 Å². The summed E-state index contributed by atoms with van der Waals surface area (Å²) in [6.45, 7) is 2.30. The summed E-state index contributed by atoms with van der Waals surface area (Å²) in [5.74, 6) is 0. The summed E-state index contributed by atoms with van der Waals surface area (Å²) < 4.78 is 0. The van der Waals surface area contributed by atoms with E-state index in [0.29, 0.717) is 0 Å². The summed E-state index contributed by atoms with van der Waals surface area (Å²) in [5.41, 5.74) is 1.41. The lowest BCUT2D eigenvalue weighted by Gasteiger charge is -2.09. The second-order valence-electron chi connectivity index (χ2n) is 8.85. The predicted molar refractivity (Wildman–Crippen MR) is 134 cm³/mol. The van der Waals surface area contributed by atoms with Crippen molar-refractivity contribution in [3.8, 4) is 0 Å². The highest BCUT2D eigenvalue weighted by atomic mass is 32.1. The molecule has 0 bridgehead atoms. The van der Waals surface area contributed by atoms with E-state index in [0.717, 1.165) is 0 Å². The molecule has 0 saturated heterocycles. The van der Waals surface area contributed by atoms with Crippen molar-refractivity contribution in [2.45, 2.75) is 121 Å². The number of unbranched alkanes of at least 4 members (excludes halogenated alkanes) is 15. The van der Waals surface area contributed by atoms with Crippen LogP contribution in [0.25, 0.3) is 10.8 Å². The number of thiol groups is 1. The quantitative estimate of drug-likeness (QED) is 0.194. The maximum absolute atomic E-state index is 4.79. The van der Waals surface area contributed by atoms with Gasteiger partial charge in [0.05, 0.1) is 0 Å².